The summed E-state index contributed by atoms with van der Waals surface area (Å²) in [6.07, 6.45) is 16.6. The monoisotopic (exact) mass is 334 g/mol. The highest BCUT2D eigenvalue weighted by molar-refractivity contribution is 7.73. The van der Waals surface area contributed by atoms with Gasteiger partial charge < -0.3 is 0 Å². The Morgan fingerprint density at radius 3 is 0.762 bits per heavy atom. The van der Waals surface area contributed by atoms with Crippen molar-refractivity contribution in [1.82, 2.24) is 4.17 Å². The van der Waals surface area contributed by atoms with Gasteiger partial charge in [0, 0.05) is 37.0 Å². The molecule has 0 aliphatic rings. The van der Waals surface area contributed by atoms with E-state index in [1.54, 1.807) is 0 Å². The first-order chi connectivity index (χ1) is 10.1. The Labute approximate surface area is 135 Å². The highest BCUT2D eigenvalue weighted by Crippen LogP contribution is 2.55. The van der Waals surface area contributed by atoms with Crippen LogP contribution < -0.4 is 4.17 Å². The molecule has 0 saturated heterocycles. The molecule has 0 aromatic carbocycles. The fourth-order valence-corrected chi connectivity index (χ4v) is 15.5. The molecule has 0 aliphatic carbocycles. The van der Waals surface area contributed by atoms with Gasteiger partial charge in [0.25, 0.3) is 0 Å². The van der Waals surface area contributed by atoms with Crippen LogP contribution >= 0.6 is 14.1 Å². The van der Waals surface area contributed by atoms with Gasteiger partial charge in [0.2, 0.25) is 14.1 Å². The van der Waals surface area contributed by atoms with Gasteiger partial charge >= 0.3 is 0 Å². The highest BCUT2D eigenvalue weighted by Gasteiger charge is 2.33. The maximum Gasteiger partial charge on any atom is 0.216 e. The summed E-state index contributed by atoms with van der Waals surface area (Å²) in [5.41, 5.74) is 0. The van der Waals surface area contributed by atoms with Crippen LogP contribution in [-0.4, -0.2) is 37.0 Å². The molecule has 0 heterocycles. The summed E-state index contributed by atoms with van der Waals surface area (Å²) in [6.45, 7) is 14.2. The quantitative estimate of drug-likeness (QED) is 0.272. The second-order valence-electron chi connectivity index (χ2n) is 6.62. The van der Waals surface area contributed by atoms with Crippen LogP contribution in [-0.2, 0) is 0 Å². The van der Waals surface area contributed by atoms with Crippen LogP contribution in [0.2, 0.25) is 0 Å². The van der Waals surface area contributed by atoms with Crippen LogP contribution in [0.25, 0.3) is 0 Å². The van der Waals surface area contributed by atoms with Gasteiger partial charge in [0.15, 0.2) is 0 Å². The molecule has 0 atom stereocenters. The lowest BCUT2D eigenvalue weighted by atomic mass is 10.6. The predicted molar refractivity (Wildman–Crippen MR) is 107 cm³/mol. The van der Waals surface area contributed by atoms with Gasteiger partial charge in [0.1, 0.15) is 0 Å². The zero-order valence-electron chi connectivity index (χ0n) is 15.8. The third-order valence-electron chi connectivity index (χ3n) is 4.22. The van der Waals surface area contributed by atoms with Gasteiger partial charge in [0.05, 0.1) is 0 Å². The summed E-state index contributed by atoms with van der Waals surface area (Å²) in [6, 6.07) is 0. The van der Waals surface area contributed by atoms with E-state index in [9.17, 15) is 0 Å². The van der Waals surface area contributed by atoms with Gasteiger partial charge in [-0.2, -0.15) is 4.17 Å². The summed E-state index contributed by atoms with van der Waals surface area (Å²) in [5.74, 6) is 0. The zero-order valence-corrected chi connectivity index (χ0v) is 17.6. The van der Waals surface area contributed by atoms with E-state index in [0.717, 1.165) is 0 Å². The largest absolute Gasteiger partial charge is 0.216 e. The molecule has 0 N–H and O–H groups in total. The summed E-state index contributed by atoms with van der Waals surface area (Å²) in [4.78, 5) is 0. The van der Waals surface area contributed by atoms with E-state index >= 15 is 0 Å². The summed E-state index contributed by atoms with van der Waals surface area (Å²) in [5, 5.41) is 0. The lowest BCUT2D eigenvalue weighted by Gasteiger charge is -2.17. The number of hydrogen-bond acceptors (Lipinski definition) is 0. The number of hydrogen-bond donors (Lipinski definition) is 0. The first-order valence-corrected chi connectivity index (χ1v) is 14.1. The molecule has 0 amide bonds. The number of nitrogens with zero attached hydrogens (tertiary/aromatic N) is 1. The molecule has 0 rings (SSSR count). The molecule has 128 valence electrons. The highest BCUT2D eigenvalue weighted by atomic mass is 31.2. The molecule has 0 unspecified atom stereocenters. The summed E-state index contributed by atoms with van der Waals surface area (Å²) in [7, 11) is -2.06. The number of rotatable bonds is 12. The molecule has 1 nitrogen and oxygen atoms in total. The van der Waals surface area contributed by atoms with Crippen molar-refractivity contribution in [2.45, 2.75) is 80.1 Å². The van der Waals surface area contributed by atoms with Crippen LogP contribution in [0.4, 0.5) is 0 Å². The molecule has 0 fully saturated rings. The molecule has 0 spiro atoms. The van der Waals surface area contributed by atoms with Gasteiger partial charge in [-0.15, -0.1) is 0 Å². The topological polar surface area (TPSA) is 14.1 Å². The smallest absolute Gasteiger partial charge is 0.176 e. The van der Waals surface area contributed by atoms with Crippen molar-refractivity contribution in [3.8, 4) is 0 Å². The van der Waals surface area contributed by atoms with Crippen LogP contribution in [0.3, 0.4) is 0 Å². The second-order valence-corrected chi connectivity index (χ2v) is 14.4. The molecular weight excluding hydrogens is 292 g/mol. The molecule has 0 aromatic heterocycles. The second kappa shape index (κ2) is 12.0. The standard InChI is InChI=1S/C18H42NP2/c1-7-13-20(14-8-2,15-9-3)19-21(16-10-4,17-11-5)18-12-6/h7-18H2,1-6H3/q+1. The molecule has 0 aromatic rings. The molecule has 0 radical (unpaired) electrons. The van der Waals surface area contributed by atoms with Crippen LogP contribution in [0.1, 0.15) is 80.1 Å². The Hall–Kier alpha value is 0.570. The van der Waals surface area contributed by atoms with Crippen LogP contribution in [0.5, 0.6) is 0 Å². The fourth-order valence-electron chi connectivity index (χ4n) is 3.84. The normalized spacial score (nSPS) is 12.5. The zero-order chi connectivity index (χ0) is 16.2. The Balaban J connectivity index is 6.21. The Bertz CT molecular complexity index is 288. The summed E-state index contributed by atoms with van der Waals surface area (Å²) < 4.78 is 5.90. The molecule has 0 bridgehead atoms. The van der Waals surface area contributed by atoms with Gasteiger partial charge in [-0.1, -0.05) is 41.5 Å². The van der Waals surface area contributed by atoms with E-state index < -0.39 is 14.1 Å². The van der Waals surface area contributed by atoms with E-state index in [0.29, 0.717) is 0 Å². The molecule has 21 heavy (non-hydrogen) atoms. The van der Waals surface area contributed by atoms with Crippen molar-refractivity contribution in [3.63, 3.8) is 0 Å². The lowest BCUT2D eigenvalue weighted by Crippen LogP contribution is -2.07. The van der Waals surface area contributed by atoms with Crippen molar-refractivity contribution in [2.24, 2.45) is 0 Å². The molecule has 3 heteroatoms. The lowest BCUT2D eigenvalue weighted by molar-refractivity contribution is 0.990. The van der Waals surface area contributed by atoms with E-state index in [1.165, 1.54) is 75.5 Å². The Morgan fingerprint density at radius 2 is 0.619 bits per heavy atom. The van der Waals surface area contributed by atoms with Crippen molar-refractivity contribution in [3.05, 3.63) is 0 Å². The van der Waals surface area contributed by atoms with Crippen LogP contribution in [0, 0.1) is 0 Å². The molecule has 0 saturated carbocycles. The van der Waals surface area contributed by atoms with Crippen LogP contribution in [0.15, 0.2) is 0 Å². The Kier molecular flexibility index (Phi) is 12.4. The Morgan fingerprint density at radius 1 is 0.429 bits per heavy atom. The minimum Gasteiger partial charge on any atom is -0.176 e. The minimum absolute atomic E-state index is 1.03. The maximum atomic E-state index is 5.90. The van der Waals surface area contributed by atoms with Gasteiger partial charge in [-0.25, -0.2) is 0 Å². The van der Waals surface area contributed by atoms with Gasteiger partial charge in [-0.05, 0) is 38.5 Å². The first kappa shape index (κ1) is 21.6. The SMILES string of the molecule is CCCP(CCC)(CCC)=[N+]=P(CCC)(CCC)CCC. The molecule has 0 aliphatic heterocycles. The third-order valence-corrected chi connectivity index (χ3v) is 14.9. The van der Waals surface area contributed by atoms with E-state index in [4.69, 9.17) is 4.17 Å². The maximum absolute atomic E-state index is 5.90. The first-order valence-electron chi connectivity index (χ1n) is 9.54. The average Bonchev–Trinajstić information content (AvgIpc) is 2.40. The summed E-state index contributed by atoms with van der Waals surface area (Å²) >= 11 is 0. The van der Waals surface area contributed by atoms with E-state index in [1.807, 2.05) is 0 Å². The van der Waals surface area contributed by atoms with Gasteiger partial charge in [-0.3, -0.25) is 0 Å². The van der Waals surface area contributed by atoms with E-state index in [2.05, 4.69) is 41.5 Å². The third kappa shape index (κ3) is 7.59. The molecular formula is C18H42NP2+. The average molecular weight is 334 g/mol. The van der Waals surface area contributed by atoms with E-state index in [-0.39, 0.29) is 0 Å². The van der Waals surface area contributed by atoms with Crippen molar-refractivity contribution in [2.75, 3.05) is 37.0 Å². The minimum atomic E-state index is -1.03. The fraction of sp³-hybridized carbons (Fsp3) is 1.00. The van der Waals surface area contributed by atoms with Crippen molar-refractivity contribution in [1.29, 1.82) is 0 Å². The predicted octanol–water partition coefficient (Wildman–Crippen LogP) is 6.92. The van der Waals surface area contributed by atoms with Crippen molar-refractivity contribution >= 4 is 14.1 Å². The van der Waals surface area contributed by atoms with Crippen molar-refractivity contribution < 1.29 is 0 Å².